The number of esters is 1. The number of hydrogen-bond acceptors (Lipinski definition) is 5. The van der Waals surface area contributed by atoms with Gasteiger partial charge in [-0.1, -0.05) is 0 Å². The summed E-state index contributed by atoms with van der Waals surface area (Å²) < 4.78 is 6.20. The fourth-order valence-electron chi connectivity index (χ4n) is 1.37. The molecule has 2 aromatic heterocycles. The van der Waals surface area contributed by atoms with Crippen LogP contribution in [-0.2, 0) is 16.1 Å². The molecule has 6 heteroatoms. The normalized spacial score (nSPS) is 10.5. The number of aromatic nitrogens is 3. The number of nitrogens with zero attached hydrogens (tertiary/aromatic N) is 3. The van der Waals surface area contributed by atoms with E-state index in [9.17, 15) is 9.59 Å². The summed E-state index contributed by atoms with van der Waals surface area (Å²) in [4.78, 5) is 30.6. The molecule has 0 amide bonds. The van der Waals surface area contributed by atoms with Gasteiger partial charge in [-0.25, -0.2) is 4.98 Å². The van der Waals surface area contributed by atoms with E-state index in [2.05, 4.69) is 9.97 Å². The van der Waals surface area contributed by atoms with Crippen molar-refractivity contribution in [3.63, 3.8) is 0 Å². The highest BCUT2D eigenvalue weighted by Gasteiger charge is 2.04. The molecule has 0 saturated carbocycles. The molecule has 0 saturated heterocycles. The molecule has 0 aliphatic carbocycles. The number of hydrogen-bond donors (Lipinski definition) is 0. The molecule has 6 nitrogen and oxygen atoms in total. The average molecular weight is 233 g/mol. The molecule has 0 aliphatic heterocycles. The van der Waals surface area contributed by atoms with Crippen molar-refractivity contribution in [3.8, 4) is 0 Å². The summed E-state index contributed by atoms with van der Waals surface area (Å²) in [6.45, 7) is 3.05. The summed E-state index contributed by atoms with van der Waals surface area (Å²) in [5.41, 5.74) is 1.36. The van der Waals surface area contributed by atoms with Gasteiger partial charge in [0.2, 0.25) is 0 Å². The SMILES string of the molecule is CC(=O)OCc1cn2c(=O)c(C)cnc2cn1. The molecule has 2 rings (SSSR count). The number of ether oxygens (including phenoxy) is 1. The zero-order chi connectivity index (χ0) is 12.4. The lowest BCUT2D eigenvalue weighted by Crippen LogP contribution is -2.18. The first-order chi connectivity index (χ1) is 8.08. The van der Waals surface area contributed by atoms with Crippen molar-refractivity contribution in [1.82, 2.24) is 14.4 Å². The van der Waals surface area contributed by atoms with Crippen LogP contribution in [0.25, 0.3) is 5.65 Å². The lowest BCUT2D eigenvalue weighted by molar-refractivity contribution is -0.142. The van der Waals surface area contributed by atoms with Crippen LogP contribution in [0.3, 0.4) is 0 Å². The van der Waals surface area contributed by atoms with Crippen molar-refractivity contribution in [2.24, 2.45) is 0 Å². The standard InChI is InChI=1S/C11H11N3O3/c1-7-3-13-10-4-12-9(6-17-8(2)15)5-14(10)11(7)16/h3-5H,6H2,1-2H3. The van der Waals surface area contributed by atoms with Gasteiger partial charge >= 0.3 is 5.97 Å². The Bertz CT molecular complexity index is 633. The van der Waals surface area contributed by atoms with Crippen LogP contribution in [0.15, 0.2) is 23.4 Å². The summed E-state index contributed by atoms with van der Waals surface area (Å²) in [6, 6.07) is 0. The second kappa shape index (κ2) is 4.32. The summed E-state index contributed by atoms with van der Waals surface area (Å²) in [5.74, 6) is -0.387. The maximum absolute atomic E-state index is 11.8. The van der Waals surface area contributed by atoms with E-state index in [0.29, 0.717) is 16.9 Å². The van der Waals surface area contributed by atoms with Gasteiger partial charge in [0.1, 0.15) is 6.61 Å². The molecule has 0 spiro atoms. The van der Waals surface area contributed by atoms with Gasteiger partial charge in [-0.2, -0.15) is 0 Å². The first kappa shape index (κ1) is 11.3. The fraction of sp³-hybridized carbons (Fsp3) is 0.273. The van der Waals surface area contributed by atoms with Gasteiger partial charge < -0.3 is 4.74 Å². The quantitative estimate of drug-likeness (QED) is 0.704. The molecule has 88 valence electrons. The maximum Gasteiger partial charge on any atom is 0.303 e. The highest BCUT2D eigenvalue weighted by Crippen LogP contribution is 2.00. The Hall–Kier alpha value is -2.24. The second-order valence-electron chi connectivity index (χ2n) is 3.63. The Morgan fingerprint density at radius 2 is 2.18 bits per heavy atom. The van der Waals surface area contributed by atoms with Crippen molar-refractivity contribution in [3.05, 3.63) is 40.2 Å². The van der Waals surface area contributed by atoms with Crippen LogP contribution in [0.2, 0.25) is 0 Å². The Labute approximate surface area is 96.9 Å². The molecular weight excluding hydrogens is 222 g/mol. The molecule has 0 atom stereocenters. The average Bonchev–Trinajstić information content (AvgIpc) is 2.31. The van der Waals surface area contributed by atoms with Crippen molar-refractivity contribution >= 4 is 11.6 Å². The van der Waals surface area contributed by atoms with Gasteiger partial charge in [0.15, 0.2) is 5.65 Å². The van der Waals surface area contributed by atoms with E-state index in [1.54, 1.807) is 6.92 Å². The number of aryl methyl sites for hydroxylation is 1. The van der Waals surface area contributed by atoms with Gasteiger partial charge in [0.25, 0.3) is 5.56 Å². The van der Waals surface area contributed by atoms with Crippen LogP contribution < -0.4 is 5.56 Å². The van der Waals surface area contributed by atoms with Crippen molar-refractivity contribution < 1.29 is 9.53 Å². The van der Waals surface area contributed by atoms with Gasteiger partial charge in [-0.3, -0.25) is 19.0 Å². The Morgan fingerprint density at radius 3 is 2.88 bits per heavy atom. The fourth-order valence-corrected chi connectivity index (χ4v) is 1.37. The summed E-state index contributed by atoms with van der Waals surface area (Å²) >= 11 is 0. The molecule has 0 fully saturated rings. The minimum atomic E-state index is -0.387. The monoisotopic (exact) mass is 233 g/mol. The Kier molecular flexibility index (Phi) is 2.86. The molecule has 0 unspecified atom stereocenters. The molecule has 0 radical (unpaired) electrons. The zero-order valence-electron chi connectivity index (χ0n) is 9.51. The number of carbonyl (C=O) groups excluding carboxylic acids is 1. The van der Waals surface area contributed by atoms with Gasteiger partial charge in [-0.05, 0) is 6.92 Å². The Balaban J connectivity index is 2.45. The smallest absolute Gasteiger partial charge is 0.303 e. The lowest BCUT2D eigenvalue weighted by Gasteiger charge is -2.04. The van der Waals surface area contributed by atoms with E-state index in [4.69, 9.17) is 4.74 Å². The predicted octanol–water partition coefficient (Wildman–Crippen LogP) is 0.461. The molecule has 2 aromatic rings. The van der Waals surface area contributed by atoms with Crippen LogP contribution in [0, 0.1) is 6.92 Å². The van der Waals surface area contributed by atoms with Crippen molar-refractivity contribution in [1.29, 1.82) is 0 Å². The van der Waals surface area contributed by atoms with E-state index in [1.807, 2.05) is 0 Å². The zero-order valence-corrected chi connectivity index (χ0v) is 9.51. The van der Waals surface area contributed by atoms with E-state index < -0.39 is 0 Å². The highest BCUT2D eigenvalue weighted by molar-refractivity contribution is 5.65. The number of rotatable bonds is 2. The van der Waals surface area contributed by atoms with Crippen molar-refractivity contribution in [2.75, 3.05) is 0 Å². The molecule has 0 bridgehead atoms. The molecule has 17 heavy (non-hydrogen) atoms. The third-order valence-corrected chi connectivity index (χ3v) is 2.24. The maximum atomic E-state index is 11.8. The minimum absolute atomic E-state index is 0.0473. The van der Waals surface area contributed by atoms with Crippen molar-refractivity contribution in [2.45, 2.75) is 20.5 Å². The number of carbonyl (C=O) groups is 1. The third kappa shape index (κ3) is 2.30. The van der Waals surface area contributed by atoms with Gasteiger partial charge in [-0.15, -0.1) is 0 Å². The molecule has 0 N–H and O–H groups in total. The lowest BCUT2D eigenvalue weighted by atomic mass is 10.3. The minimum Gasteiger partial charge on any atom is -0.459 e. The van der Waals surface area contributed by atoms with E-state index in [1.165, 1.54) is 29.9 Å². The molecule has 0 aromatic carbocycles. The largest absolute Gasteiger partial charge is 0.459 e. The van der Waals surface area contributed by atoms with E-state index >= 15 is 0 Å². The van der Waals surface area contributed by atoms with Crippen LogP contribution in [0.1, 0.15) is 18.2 Å². The van der Waals surface area contributed by atoms with Crippen LogP contribution in [0.5, 0.6) is 0 Å². The number of fused-ring (bicyclic) bond motifs is 1. The van der Waals surface area contributed by atoms with E-state index in [-0.39, 0.29) is 18.1 Å². The first-order valence-corrected chi connectivity index (χ1v) is 5.04. The topological polar surface area (TPSA) is 73.6 Å². The summed E-state index contributed by atoms with van der Waals surface area (Å²) in [7, 11) is 0. The Morgan fingerprint density at radius 1 is 1.41 bits per heavy atom. The first-order valence-electron chi connectivity index (χ1n) is 5.04. The van der Waals surface area contributed by atoms with E-state index in [0.717, 1.165) is 0 Å². The summed E-state index contributed by atoms with van der Waals surface area (Å²) in [6.07, 6.45) is 4.51. The predicted molar refractivity (Wildman–Crippen MR) is 59.5 cm³/mol. The summed E-state index contributed by atoms with van der Waals surface area (Å²) in [5, 5.41) is 0. The molecule has 0 aliphatic rings. The third-order valence-electron chi connectivity index (χ3n) is 2.24. The van der Waals surface area contributed by atoms with Crippen LogP contribution in [0.4, 0.5) is 0 Å². The highest BCUT2D eigenvalue weighted by atomic mass is 16.5. The van der Waals surface area contributed by atoms with Crippen LogP contribution in [-0.4, -0.2) is 20.3 Å². The molecular formula is C11H11N3O3. The second-order valence-corrected chi connectivity index (χ2v) is 3.63. The molecule has 2 heterocycles. The van der Waals surface area contributed by atoms with Crippen LogP contribution >= 0.6 is 0 Å². The van der Waals surface area contributed by atoms with Gasteiger partial charge in [0.05, 0.1) is 11.9 Å². The van der Waals surface area contributed by atoms with Gasteiger partial charge in [0, 0.05) is 24.9 Å².